The van der Waals surface area contributed by atoms with Crippen molar-refractivity contribution in [1.29, 1.82) is 0 Å². The van der Waals surface area contributed by atoms with E-state index in [-0.39, 0.29) is 12.8 Å². The van der Waals surface area contributed by atoms with E-state index in [1.807, 2.05) is 24.3 Å². The molecule has 0 radical (unpaired) electrons. The van der Waals surface area contributed by atoms with Crippen LogP contribution in [0.25, 0.3) is 0 Å². The predicted molar refractivity (Wildman–Crippen MR) is 99.9 cm³/mol. The van der Waals surface area contributed by atoms with Crippen LogP contribution in [0, 0.1) is 5.41 Å². The van der Waals surface area contributed by atoms with E-state index in [4.69, 9.17) is 18.9 Å². The number of carbonyl (C=O) groups excluding carboxylic acids is 2. The number of esters is 2. The van der Waals surface area contributed by atoms with Gasteiger partial charge < -0.3 is 18.9 Å². The first-order chi connectivity index (χ1) is 13.0. The summed E-state index contributed by atoms with van der Waals surface area (Å²) in [6, 6.07) is 14.4. The zero-order valence-electron chi connectivity index (χ0n) is 16.0. The summed E-state index contributed by atoms with van der Waals surface area (Å²) in [5.74, 6) is 0.105. The fraction of sp³-hybridized carbons (Fsp3) is 0.333. The molecule has 6 heteroatoms. The van der Waals surface area contributed by atoms with Gasteiger partial charge >= 0.3 is 11.9 Å². The SMILES string of the molecule is COC(=O)C(Cc1ccc(OC)cc1)(Cc1ccc(OC)cc1)C(=O)OC. The van der Waals surface area contributed by atoms with E-state index in [2.05, 4.69) is 0 Å². The van der Waals surface area contributed by atoms with Crippen LogP contribution in [0.4, 0.5) is 0 Å². The van der Waals surface area contributed by atoms with Gasteiger partial charge in [-0.3, -0.25) is 9.59 Å². The largest absolute Gasteiger partial charge is 0.497 e. The minimum Gasteiger partial charge on any atom is -0.497 e. The van der Waals surface area contributed by atoms with Crippen molar-refractivity contribution >= 4 is 11.9 Å². The van der Waals surface area contributed by atoms with Crippen LogP contribution in [0.5, 0.6) is 11.5 Å². The van der Waals surface area contributed by atoms with Gasteiger partial charge in [0.05, 0.1) is 28.4 Å². The molecule has 0 saturated heterocycles. The first-order valence-electron chi connectivity index (χ1n) is 8.41. The number of benzene rings is 2. The van der Waals surface area contributed by atoms with Gasteiger partial charge in [-0.15, -0.1) is 0 Å². The second-order valence-corrected chi connectivity index (χ2v) is 6.11. The van der Waals surface area contributed by atoms with E-state index < -0.39 is 17.4 Å². The van der Waals surface area contributed by atoms with Gasteiger partial charge in [0, 0.05) is 0 Å². The van der Waals surface area contributed by atoms with Crippen LogP contribution in [-0.4, -0.2) is 40.4 Å². The average Bonchev–Trinajstić information content (AvgIpc) is 2.72. The summed E-state index contributed by atoms with van der Waals surface area (Å²) >= 11 is 0. The molecule has 2 aromatic rings. The maximum atomic E-state index is 12.7. The molecule has 2 rings (SSSR count). The molecule has 0 bridgehead atoms. The molecule has 0 aliphatic heterocycles. The fourth-order valence-electron chi connectivity index (χ4n) is 3.01. The molecule has 144 valence electrons. The molecular weight excluding hydrogens is 348 g/mol. The van der Waals surface area contributed by atoms with Gasteiger partial charge in [0.2, 0.25) is 0 Å². The summed E-state index contributed by atoms with van der Waals surface area (Å²) in [7, 11) is 5.68. The molecule has 6 nitrogen and oxygen atoms in total. The average molecular weight is 372 g/mol. The molecular formula is C21H24O6. The van der Waals surface area contributed by atoms with Crippen LogP contribution >= 0.6 is 0 Å². The molecule has 0 heterocycles. The van der Waals surface area contributed by atoms with Crippen molar-refractivity contribution in [3.8, 4) is 11.5 Å². The first-order valence-corrected chi connectivity index (χ1v) is 8.41. The number of ether oxygens (including phenoxy) is 4. The summed E-state index contributed by atoms with van der Waals surface area (Å²) in [4.78, 5) is 25.4. The Morgan fingerprint density at radius 3 is 1.26 bits per heavy atom. The Morgan fingerprint density at radius 2 is 1.00 bits per heavy atom. The van der Waals surface area contributed by atoms with Crippen molar-refractivity contribution in [3.63, 3.8) is 0 Å². The molecule has 0 N–H and O–H groups in total. The van der Waals surface area contributed by atoms with Crippen molar-refractivity contribution in [2.45, 2.75) is 12.8 Å². The Hall–Kier alpha value is -3.02. The summed E-state index contributed by atoms with van der Waals surface area (Å²) in [6.07, 6.45) is 0.282. The van der Waals surface area contributed by atoms with E-state index in [1.165, 1.54) is 14.2 Å². The summed E-state index contributed by atoms with van der Waals surface area (Å²) < 4.78 is 20.3. The molecule has 2 aromatic carbocycles. The van der Waals surface area contributed by atoms with E-state index >= 15 is 0 Å². The lowest BCUT2D eigenvalue weighted by Crippen LogP contribution is -2.45. The van der Waals surface area contributed by atoms with Crippen LogP contribution in [-0.2, 0) is 31.9 Å². The van der Waals surface area contributed by atoms with Crippen LogP contribution < -0.4 is 9.47 Å². The maximum Gasteiger partial charge on any atom is 0.323 e. The lowest BCUT2D eigenvalue weighted by atomic mass is 9.76. The maximum absolute atomic E-state index is 12.7. The summed E-state index contributed by atoms with van der Waals surface area (Å²) in [5.41, 5.74) is 0.0902. The predicted octanol–water partition coefficient (Wildman–Crippen LogP) is 2.82. The second kappa shape index (κ2) is 9.07. The van der Waals surface area contributed by atoms with Crippen LogP contribution in [0.2, 0.25) is 0 Å². The Balaban J connectivity index is 2.43. The van der Waals surface area contributed by atoms with Gasteiger partial charge in [0.1, 0.15) is 11.5 Å². The normalized spacial score (nSPS) is 10.8. The monoisotopic (exact) mass is 372 g/mol. The quantitative estimate of drug-likeness (QED) is 0.524. The van der Waals surface area contributed by atoms with Crippen molar-refractivity contribution in [2.24, 2.45) is 5.41 Å². The minimum absolute atomic E-state index is 0.141. The Morgan fingerprint density at radius 1 is 0.667 bits per heavy atom. The van der Waals surface area contributed by atoms with E-state index in [0.29, 0.717) is 11.5 Å². The molecule has 0 aromatic heterocycles. The summed E-state index contributed by atoms with van der Waals surface area (Å²) in [5, 5.41) is 0. The molecule has 0 spiro atoms. The van der Waals surface area contributed by atoms with E-state index in [0.717, 1.165) is 11.1 Å². The second-order valence-electron chi connectivity index (χ2n) is 6.11. The molecule has 0 saturated carbocycles. The van der Waals surface area contributed by atoms with Gasteiger partial charge in [-0.25, -0.2) is 0 Å². The lowest BCUT2D eigenvalue weighted by Gasteiger charge is -2.28. The summed E-state index contributed by atoms with van der Waals surface area (Å²) in [6.45, 7) is 0. The Labute approximate surface area is 159 Å². The van der Waals surface area contributed by atoms with Crippen LogP contribution in [0.3, 0.4) is 0 Å². The van der Waals surface area contributed by atoms with E-state index in [9.17, 15) is 9.59 Å². The lowest BCUT2D eigenvalue weighted by molar-refractivity contribution is -0.169. The Bertz CT molecular complexity index is 697. The number of hydrogen-bond donors (Lipinski definition) is 0. The topological polar surface area (TPSA) is 71.1 Å². The third-order valence-corrected chi connectivity index (χ3v) is 4.48. The van der Waals surface area contributed by atoms with E-state index in [1.54, 1.807) is 38.5 Å². The van der Waals surface area contributed by atoms with Gasteiger partial charge in [-0.1, -0.05) is 24.3 Å². The molecule has 0 unspecified atom stereocenters. The number of methoxy groups -OCH3 is 4. The molecule has 0 aliphatic rings. The third-order valence-electron chi connectivity index (χ3n) is 4.48. The van der Waals surface area contributed by atoms with Crippen LogP contribution in [0.15, 0.2) is 48.5 Å². The van der Waals surface area contributed by atoms with Crippen LogP contribution in [0.1, 0.15) is 11.1 Å². The highest BCUT2D eigenvalue weighted by atomic mass is 16.5. The number of rotatable bonds is 8. The zero-order chi connectivity index (χ0) is 19.9. The Kier molecular flexibility index (Phi) is 6.82. The fourth-order valence-corrected chi connectivity index (χ4v) is 3.01. The van der Waals surface area contributed by atoms with Gasteiger partial charge in [-0.05, 0) is 48.2 Å². The minimum atomic E-state index is -1.49. The molecule has 0 fully saturated rings. The van der Waals surface area contributed by atoms with Crippen molar-refractivity contribution in [1.82, 2.24) is 0 Å². The zero-order valence-corrected chi connectivity index (χ0v) is 16.0. The highest BCUT2D eigenvalue weighted by Gasteiger charge is 2.48. The van der Waals surface area contributed by atoms with Gasteiger partial charge in [0.15, 0.2) is 5.41 Å². The van der Waals surface area contributed by atoms with Crippen molar-refractivity contribution in [3.05, 3.63) is 59.7 Å². The number of carbonyl (C=O) groups is 2. The smallest absolute Gasteiger partial charge is 0.323 e. The van der Waals surface area contributed by atoms with Crippen molar-refractivity contribution < 1.29 is 28.5 Å². The standard InChI is InChI=1S/C21H24O6/c1-24-17-9-5-15(6-10-17)13-21(19(22)26-3,20(23)27-4)14-16-7-11-18(25-2)12-8-16/h5-12H,13-14H2,1-4H3. The van der Waals surface area contributed by atoms with Gasteiger partial charge in [-0.2, -0.15) is 0 Å². The first kappa shape index (κ1) is 20.3. The highest BCUT2D eigenvalue weighted by molar-refractivity contribution is 6.00. The number of hydrogen-bond acceptors (Lipinski definition) is 6. The molecule has 0 atom stereocenters. The highest BCUT2D eigenvalue weighted by Crippen LogP contribution is 2.32. The molecule has 0 aliphatic carbocycles. The molecule has 27 heavy (non-hydrogen) atoms. The third kappa shape index (κ3) is 4.58. The molecule has 0 amide bonds. The van der Waals surface area contributed by atoms with Gasteiger partial charge in [0.25, 0.3) is 0 Å². The van der Waals surface area contributed by atoms with Crippen molar-refractivity contribution in [2.75, 3.05) is 28.4 Å².